The molecule has 1 atom stereocenters. The Balaban J connectivity index is 5.58. The van der Waals surface area contributed by atoms with Gasteiger partial charge in [0.15, 0.2) is 5.41 Å². The monoisotopic (exact) mass is 312 g/mol. The summed E-state index contributed by atoms with van der Waals surface area (Å²) in [6, 6.07) is 0. The van der Waals surface area contributed by atoms with Gasteiger partial charge in [-0.3, -0.25) is 9.59 Å². The highest BCUT2D eigenvalue weighted by Gasteiger charge is 2.43. The van der Waals surface area contributed by atoms with Crippen LogP contribution < -0.4 is 0 Å². The summed E-state index contributed by atoms with van der Waals surface area (Å²) < 4.78 is 15.0. The molecule has 0 aromatic rings. The minimum atomic E-state index is -1.39. The van der Waals surface area contributed by atoms with Crippen molar-refractivity contribution in [3.63, 3.8) is 0 Å². The molecule has 0 aliphatic heterocycles. The molecule has 22 heavy (non-hydrogen) atoms. The lowest BCUT2D eigenvalue weighted by Crippen LogP contribution is -2.38. The number of rotatable bonds is 7. The summed E-state index contributed by atoms with van der Waals surface area (Å²) in [5.41, 5.74) is -0.732. The maximum absolute atomic E-state index is 12.0. The Morgan fingerprint density at radius 3 is 1.77 bits per heavy atom. The molecule has 0 fully saturated rings. The number of esters is 2. The lowest BCUT2D eigenvalue weighted by atomic mass is 9.81. The summed E-state index contributed by atoms with van der Waals surface area (Å²) >= 11 is 0. The van der Waals surface area contributed by atoms with Gasteiger partial charge in [0.1, 0.15) is 0 Å². The van der Waals surface area contributed by atoms with Gasteiger partial charge in [-0.05, 0) is 24.3 Å². The van der Waals surface area contributed by atoms with E-state index in [-0.39, 0.29) is 17.9 Å². The van der Waals surface area contributed by atoms with E-state index in [1.54, 1.807) is 19.3 Å². The normalized spacial score (nSPS) is 14.2. The van der Waals surface area contributed by atoms with Crippen LogP contribution in [0.15, 0.2) is 24.3 Å². The molecule has 0 amide bonds. The van der Waals surface area contributed by atoms with Crippen LogP contribution in [0, 0.1) is 10.8 Å². The summed E-state index contributed by atoms with van der Waals surface area (Å²) in [4.78, 5) is 23.9. The van der Waals surface area contributed by atoms with Gasteiger partial charge in [-0.1, -0.05) is 39.5 Å². The molecule has 0 radical (unpaired) electrons. The van der Waals surface area contributed by atoms with Crippen molar-refractivity contribution < 1.29 is 23.8 Å². The third kappa shape index (κ3) is 4.70. The number of hydrogen-bond acceptors (Lipinski definition) is 5. The molecule has 0 rings (SSSR count). The van der Waals surface area contributed by atoms with Crippen LogP contribution in [0.1, 0.15) is 34.1 Å². The Hall–Kier alpha value is -1.62. The average Bonchev–Trinajstić information content (AvgIpc) is 2.47. The van der Waals surface area contributed by atoms with Crippen molar-refractivity contribution in [2.24, 2.45) is 10.8 Å². The number of ether oxygens (including phenoxy) is 3. The van der Waals surface area contributed by atoms with Crippen LogP contribution in [0.25, 0.3) is 0 Å². The van der Waals surface area contributed by atoms with Gasteiger partial charge in [0.2, 0.25) is 0 Å². The molecule has 0 aliphatic carbocycles. The zero-order chi connectivity index (χ0) is 17.6. The zero-order valence-corrected chi connectivity index (χ0v) is 14.7. The Labute approximate surface area is 133 Å². The second kappa shape index (κ2) is 8.13. The number of carbonyl (C=O) groups is 2. The first-order chi connectivity index (χ1) is 10.1. The van der Waals surface area contributed by atoms with Crippen molar-refractivity contribution in [3.8, 4) is 0 Å². The van der Waals surface area contributed by atoms with Crippen LogP contribution in [-0.2, 0) is 23.8 Å². The molecular formula is C17H28O5. The van der Waals surface area contributed by atoms with Gasteiger partial charge in [0.05, 0.1) is 20.3 Å². The van der Waals surface area contributed by atoms with Gasteiger partial charge >= 0.3 is 11.9 Å². The van der Waals surface area contributed by atoms with Crippen molar-refractivity contribution in [3.05, 3.63) is 24.3 Å². The summed E-state index contributed by atoms with van der Waals surface area (Å²) in [7, 11) is 4.11. The highest BCUT2D eigenvalue weighted by molar-refractivity contribution is 5.99. The highest BCUT2D eigenvalue weighted by atomic mass is 16.5. The Bertz CT molecular complexity index is 426. The molecule has 0 unspecified atom stereocenters. The molecule has 0 heterocycles. The molecule has 5 nitrogen and oxygen atoms in total. The fraction of sp³-hybridized carbons (Fsp3) is 0.647. The second-order valence-corrected chi connectivity index (χ2v) is 6.41. The van der Waals surface area contributed by atoms with E-state index in [0.29, 0.717) is 0 Å². The van der Waals surface area contributed by atoms with Gasteiger partial charge in [-0.15, -0.1) is 0 Å². The lowest BCUT2D eigenvalue weighted by molar-refractivity contribution is -0.167. The first-order valence-corrected chi connectivity index (χ1v) is 7.10. The first-order valence-electron chi connectivity index (χ1n) is 7.10. The standard InChI is InChI=1S/C17H28O5/c1-9-12(13(20-6)16(2,3)4)10-11-17(5,14(18)21-7)15(19)22-8/h9-10,13H,1,11H2,2-8H3/b12-10+/t13-/m1/s1. The summed E-state index contributed by atoms with van der Waals surface area (Å²) in [5, 5.41) is 0. The van der Waals surface area contributed by atoms with Gasteiger partial charge in [-0.25, -0.2) is 0 Å². The number of allylic oxidation sites excluding steroid dienone is 1. The molecular weight excluding hydrogens is 284 g/mol. The predicted octanol–water partition coefficient (Wildman–Crippen LogP) is 2.90. The van der Waals surface area contributed by atoms with Crippen LogP contribution >= 0.6 is 0 Å². The summed E-state index contributed by atoms with van der Waals surface area (Å²) in [6.45, 7) is 11.4. The summed E-state index contributed by atoms with van der Waals surface area (Å²) in [5.74, 6) is -1.27. The van der Waals surface area contributed by atoms with Crippen LogP contribution in [0.3, 0.4) is 0 Å². The van der Waals surface area contributed by atoms with Crippen LogP contribution in [0.5, 0.6) is 0 Å². The van der Waals surface area contributed by atoms with E-state index >= 15 is 0 Å². The lowest BCUT2D eigenvalue weighted by Gasteiger charge is -2.31. The molecule has 0 N–H and O–H groups in total. The SMILES string of the molecule is C=C/C(=C\CC(C)(C(=O)OC)C(=O)OC)[C@@H](OC)C(C)(C)C. The Morgan fingerprint density at radius 1 is 1.05 bits per heavy atom. The topological polar surface area (TPSA) is 61.8 Å². The molecule has 0 bridgehead atoms. The molecule has 0 aliphatic rings. The van der Waals surface area contributed by atoms with Gasteiger partial charge < -0.3 is 14.2 Å². The van der Waals surface area contributed by atoms with E-state index in [1.165, 1.54) is 21.1 Å². The van der Waals surface area contributed by atoms with Crippen molar-refractivity contribution >= 4 is 11.9 Å². The van der Waals surface area contributed by atoms with E-state index in [1.807, 2.05) is 20.8 Å². The number of carbonyl (C=O) groups excluding carboxylic acids is 2. The van der Waals surface area contributed by atoms with Crippen LogP contribution in [0.4, 0.5) is 0 Å². The molecule has 0 saturated heterocycles. The number of hydrogen-bond donors (Lipinski definition) is 0. The molecule has 0 spiro atoms. The van der Waals surface area contributed by atoms with E-state index in [4.69, 9.17) is 14.2 Å². The minimum absolute atomic E-state index is 0.143. The zero-order valence-electron chi connectivity index (χ0n) is 14.7. The molecule has 0 aromatic heterocycles. The van der Waals surface area contributed by atoms with Crippen molar-refractivity contribution in [2.45, 2.75) is 40.2 Å². The third-order valence-corrected chi connectivity index (χ3v) is 3.58. The maximum atomic E-state index is 12.0. The summed E-state index contributed by atoms with van der Waals surface area (Å²) in [6.07, 6.45) is 3.39. The van der Waals surface area contributed by atoms with Crippen LogP contribution in [0.2, 0.25) is 0 Å². The fourth-order valence-corrected chi connectivity index (χ4v) is 2.31. The average molecular weight is 312 g/mol. The third-order valence-electron chi connectivity index (χ3n) is 3.58. The van der Waals surface area contributed by atoms with Crippen LogP contribution in [-0.4, -0.2) is 39.4 Å². The largest absolute Gasteiger partial charge is 0.468 e. The van der Waals surface area contributed by atoms with E-state index in [0.717, 1.165) is 5.57 Å². The van der Waals surface area contributed by atoms with E-state index in [9.17, 15) is 9.59 Å². The van der Waals surface area contributed by atoms with Gasteiger partial charge in [0.25, 0.3) is 0 Å². The highest BCUT2D eigenvalue weighted by Crippen LogP contribution is 2.31. The predicted molar refractivity (Wildman–Crippen MR) is 85.3 cm³/mol. The first kappa shape index (κ1) is 20.4. The quantitative estimate of drug-likeness (QED) is 0.411. The Kier molecular flexibility index (Phi) is 7.53. The van der Waals surface area contributed by atoms with E-state index < -0.39 is 17.4 Å². The second-order valence-electron chi connectivity index (χ2n) is 6.41. The maximum Gasteiger partial charge on any atom is 0.323 e. The van der Waals surface area contributed by atoms with E-state index in [2.05, 4.69) is 6.58 Å². The van der Waals surface area contributed by atoms with Crippen molar-refractivity contribution in [1.82, 2.24) is 0 Å². The molecule has 5 heteroatoms. The molecule has 0 saturated carbocycles. The van der Waals surface area contributed by atoms with Crippen molar-refractivity contribution in [1.29, 1.82) is 0 Å². The fourth-order valence-electron chi connectivity index (χ4n) is 2.31. The number of methoxy groups -OCH3 is 3. The molecule has 0 aromatic carbocycles. The minimum Gasteiger partial charge on any atom is -0.468 e. The van der Waals surface area contributed by atoms with Crippen molar-refractivity contribution in [2.75, 3.05) is 21.3 Å². The van der Waals surface area contributed by atoms with Gasteiger partial charge in [0, 0.05) is 7.11 Å². The molecule has 126 valence electrons. The smallest absolute Gasteiger partial charge is 0.323 e. The van der Waals surface area contributed by atoms with Gasteiger partial charge in [-0.2, -0.15) is 0 Å². The Morgan fingerprint density at radius 2 is 1.50 bits per heavy atom.